The number of benzene rings is 2. The van der Waals surface area contributed by atoms with Crippen LogP contribution < -0.4 is 5.32 Å². The third-order valence-corrected chi connectivity index (χ3v) is 4.11. The van der Waals surface area contributed by atoms with Gasteiger partial charge in [0.2, 0.25) is 5.91 Å². The number of aryl methyl sites for hydroxylation is 1. The number of furan rings is 1. The van der Waals surface area contributed by atoms with E-state index in [0.29, 0.717) is 6.54 Å². The number of carbonyl (C=O) groups excluding carboxylic acids is 1. The maximum Gasteiger partial charge on any atom is 0.246 e. The van der Waals surface area contributed by atoms with Crippen LogP contribution in [-0.4, -0.2) is 17.9 Å². The van der Waals surface area contributed by atoms with E-state index >= 15 is 0 Å². The van der Waals surface area contributed by atoms with Gasteiger partial charge in [0.05, 0.1) is 12.8 Å². The molecule has 3 aromatic rings. The Bertz CT molecular complexity index is 796. The molecule has 128 valence electrons. The van der Waals surface area contributed by atoms with E-state index in [0.717, 1.165) is 22.6 Å². The average Bonchev–Trinajstić information content (AvgIpc) is 3.11. The van der Waals surface area contributed by atoms with Gasteiger partial charge in [-0.15, -0.1) is 0 Å². The van der Waals surface area contributed by atoms with E-state index in [2.05, 4.69) is 5.32 Å². The van der Waals surface area contributed by atoms with Crippen LogP contribution in [0, 0.1) is 6.92 Å². The van der Waals surface area contributed by atoms with Crippen LogP contribution in [0.3, 0.4) is 0 Å². The zero-order valence-electron chi connectivity index (χ0n) is 14.5. The summed E-state index contributed by atoms with van der Waals surface area (Å²) in [4.78, 5) is 15.0. The number of amides is 1. The van der Waals surface area contributed by atoms with Gasteiger partial charge in [0.15, 0.2) is 0 Å². The van der Waals surface area contributed by atoms with Crippen LogP contribution in [0.4, 0.5) is 5.69 Å². The van der Waals surface area contributed by atoms with Crippen molar-refractivity contribution in [2.45, 2.75) is 19.5 Å². The molecule has 4 nitrogen and oxygen atoms in total. The van der Waals surface area contributed by atoms with Gasteiger partial charge in [-0.1, -0.05) is 48.0 Å². The molecule has 0 bridgehead atoms. The molecule has 0 saturated heterocycles. The highest BCUT2D eigenvalue weighted by Gasteiger charge is 2.25. The van der Waals surface area contributed by atoms with E-state index in [-0.39, 0.29) is 5.91 Å². The summed E-state index contributed by atoms with van der Waals surface area (Å²) in [6, 6.07) is 20.9. The third kappa shape index (κ3) is 4.37. The molecule has 1 heterocycles. The lowest BCUT2D eigenvalue weighted by molar-refractivity contribution is -0.121. The van der Waals surface area contributed by atoms with Crippen molar-refractivity contribution in [3.63, 3.8) is 0 Å². The first kappa shape index (κ1) is 17.0. The normalized spacial score (nSPS) is 12.1. The maximum atomic E-state index is 13.0. The molecule has 3 rings (SSSR count). The highest BCUT2D eigenvalue weighted by atomic mass is 16.3. The summed E-state index contributed by atoms with van der Waals surface area (Å²) < 4.78 is 5.43. The second kappa shape index (κ2) is 7.81. The van der Waals surface area contributed by atoms with Gasteiger partial charge in [0, 0.05) is 5.69 Å². The smallest absolute Gasteiger partial charge is 0.246 e. The number of rotatable bonds is 6. The number of hydrogen-bond donors (Lipinski definition) is 1. The molecule has 0 radical (unpaired) electrons. The molecule has 1 amide bonds. The van der Waals surface area contributed by atoms with Crippen LogP contribution in [0.25, 0.3) is 0 Å². The number of carbonyl (C=O) groups is 1. The molecule has 2 aromatic carbocycles. The highest BCUT2D eigenvalue weighted by Crippen LogP contribution is 2.23. The van der Waals surface area contributed by atoms with Crippen LogP contribution in [0.2, 0.25) is 0 Å². The summed E-state index contributed by atoms with van der Waals surface area (Å²) in [5.41, 5.74) is 2.90. The third-order valence-electron chi connectivity index (χ3n) is 4.11. The van der Waals surface area contributed by atoms with Gasteiger partial charge >= 0.3 is 0 Å². The predicted molar refractivity (Wildman–Crippen MR) is 99.2 cm³/mol. The Morgan fingerprint density at radius 3 is 2.40 bits per heavy atom. The van der Waals surface area contributed by atoms with Crippen LogP contribution >= 0.6 is 0 Å². The van der Waals surface area contributed by atoms with Crippen LogP contribution in [-0.2, 0) is 11.3 Å². The molecule has 0 fully saturated rings. The van der Waals surface area contributed by atoms with Crippen molar-refractivity contribution in [1.82, 2.24) is 4.90 Å². The standard InChI is InChI=1S/C21H22N2O2/c1-16-10-12-18(13-11-16)22-21(24)20(17-7-4-3-5-8-17)23(2)15-19-9-6-14-25-19/h3-14,20H,15H2,1-2H3,(H,22,24)/t20-/m1/s1. The van der Waals surface area contributed by atoms with E-state index in [1.54, 1.807) is 6.26 Å². The van der Waals surface area contributed by atoms with E-state index < -0.39 is 6.04 Å². The monoisotopic (exact) mass is 334 g/mol. The Labute approximate surface area is 148 Å². The van der Waals surface area contributed by atoms with Crippen LogP contribution in [0.5, 0.6) is 0 Å². The van der Waals surface area contributed by atoms with Crippen LogP contribution in [0.15, 0.2) is 77.4 Å². The number of nitrogens with one attached hydrogen (secondary N) is 1. The molecule has 1 aromatic heterocycles. The zero-order valence-corrected chi connectivity index (χ0v) is 14.5. The first-order valence-corrected chi connectivity index (χ1v) is 8.28. The summed E-state index contributed by atoms with van der Waals surface area (Å²) in [5, 5.41) is 3.02. The summed E-state index contributed by atoms with van der Waals surface area (Å²) in [6.45, 7) is 2.57. The highest BCUT2D eigenvalue weighted by molar-refractivity contribution is 5.95. The molecule has 25 heavy (non-hydrogen) atoms. The Hall–Kier alpha value is -2.85. The molecule has 0 saturated carbocycles. The Kier molecular flexibility index (Phi) is 5.31. The van der Waals surface area contributed by atoms with Gasteiger partial charge in [-0.2, -0.15) is 0 Å². The summed E-state index contributed by atoms with van der Waals surface area (Å²) in [6.07, 6.45) is 1.65. The number of hydrogen-bond acceptors (Lipinski definition) is 3. The molecule has 0 aliphatic heterocycles. The van der Waals surface area contributed by atoms with E-state index in [1.807, 2.05) is 85.6 Å². The largest absolute Gasteiger partial charge is 0.468 e. The minimum Gasteiger partial charge on any atom is -0.468 e. The minimum absolute atomic E-state index is 0.0656. The molecule has 4 heteroatoms. The summed E-state index contributed by atoms with van der Waals surface area (Å²) in [5.74, 6) is 0.760. The fraction of sp³-hybridized carbons (Fsp3) is 0.190. The van der Waals surface area contributed by atoms with Crippen molar-refractivity contribution in [3.05, 3.63) is 89.9 Å². The van der Waals surface area contributed by atoms with Gasteiger partial charge in [-0.05, 0) is 43.8 Å². The van der Waals surface area contributed by atoms with Crippen molar-refractivity contribution in [2.24, 2.45) is 0 Å². The van der Waals surface area contributed by atoms with Gasteiger partial charge in [0.25, 0.3) is 0 Å². The van der Waals surface area contributed by atoms with Crippen molar-refractivity contribution >= 4 is 11.6 Å². The van der Waals surface area contributed by atoms with Gasteiger partial charge < -0.3 is 9.73 Å². The van der Waals surface area contributed by atoms with Crippen molar-refractivity contribution < 1.29 is 9.21 Å². The molecule has 1 N–H and O–H groups in total. The quantitative estimate of drug-likeness (QED) is 0.727. The fourth-order valence-electron chi connectivity index (χ4n) is 2.83. The Morgan fingerprint density at radius 1 is 1.04 bits per heavy atom. The molecular formula is C21H22N2O2. The number of nitrogens with zero attached hydrogens (tertiary/aromatic N) is 1. The molecule has 0 unspecified atom stereocenters. The molecular weight excluding hydrogens is 312 g/mol. The topological polar surface area (TPSA) is 45.5 Å². The summed E-state index contributed by atoms with van der Waals surface area (Å²) in [7, 11) is 1.93. The van der Waals surface area contributed by atoms with Gasteiger partial charge in [0.1, 0.15) is 11.8 Å². The average molecular weight is 334 g/mol. The van der Waals surface area contributed by atoms with Crippen molar-refractivity contribution in [2.75, 3.05) is 12.4 Å². The Morgan fingerprint density at radius 2 is 1.76 bits per heavy atom. The minimum atomic E-state index is -0.410. The van der Waals surface area contributed by atoms with Crippen molar-refractivity contribution in [1.29, 1.82) is 0 Å². The number of anilines is 1. The van der Waals surface area contributed by atoms with E-state index in [4.69, 9.17) is 4.42 Å². The SMILES string of the molecule is Cc1ccc(NC(=O)[C@@H](c2ccccc2)N(C)Cc2ccco2)cc1. The molecule has 0 aliphatic rings. The van der Waals surface area contributed by atoms with Gasteiger partial charge in [-0.3, -0.25) is 9.69 Å². The van der Waals surface area contributed by atoms with Crippen molar-refractivity contribution in [3.8, 4) is 0 Å². The molecule has 0 spiro atoms. The second-order valence-corrected chi connectivity index (χ2v) is 6.16. The predicted octanol–water partition coefficient (Wildman–Crippen LogP) is 4.40. The lowest BCUT2D eigenvalue weighted by Crippen LogP contribution is -2.34. The molecule has 1 atom stereocenters. The lowest BCUT2D eigenvalue weighted by Gasteiger charge is -2.27. The lowest BCUT2D eigenvalue weighted by atomic mass is 10.0. The molecule has 0 aliphatic carbocycles. The first-order valence-electron chi connectivity index (χ1n) is 8.28. The van der Waals surface area contributed by atoms with Crippen LogP contribution in [0.1, 0.15) is 22.9 Å². The summed E-state index contributed by atoms with van der Waals surface area (Å²) >= 11 is 0. The second-order valence-electron chi connectivity index (χ2n) is 6.16. The maximum absolute atomic E-state index is 13.0. The Balaban J connectivity index is 1.82. The van der Waals surface area contributed by atoms with E-state index in [9.17, 15) is 4.79 Å². The number of likely N-dealkylation sites (N-methyl/N-ethyl adjacent to an activating group) is 1. The fourth-order valence-corrected chi connectivity index (χ4v) is 2.83. The first-order chi connectivity index (χ1) is 12.1. The zero-order chi connectivity index (χ0) is 17.6. The van der Waals surface area contributed by atoms with Gasteiger partial charge in [-0.25, -0.2) is 0 Å². The van der Waals surface area contributed by atoms with E-state index in [1.165, 1.54) is 0 Å².